The van der Waals surface area contributed by atoms with Crippen molar-refractivity contribution in [3.63, 3.8) is 0 Å². The molecule has 0 saturated carbocycles. The molecule has 0 aromatic heterocycles. The van der Waals surface area contributed by atoms with E-state index >= 15 is 0 Å². The number of carbonyl (C=O) groups is 1. The van der Waals surface area contributed by atoms with E-state index in [9.17, 15) is 4.79 Å². The van der Waals surface area contributed by atoms with Gasteiger partial charge in [-0.3, -0.25) is 4.79 Å². The van der Waals surface area contributed by atoms with Crippen LogP contribution in [0, 0.1) is 11.8 Å². The van der Waals surface area contributed by atoms with Crippen LogP contribution in [0.4, 0.5) is 0 Å². The first-order chi connectivity index (χ1) is 7.68. The van der Waals surface area contributed by atoms with Crippen LogP contribution in [0.1, 0.15) is 26.2 Å². The van der Waals surface area contributed by atoms with Crippen LogP contribution in [0.3, 0.4) is 0 Å². The Morgan fingerprint density at radius 3 is 2.62 bits per heavy atom. The summed E-state index contributed by atoms with van der Waals surface area (Å²) < 4.78 is 5.28. The van der Waals surface area contributed by atoms with Crippen LogP contribution in [0.5, 0.6) is 0 Å². The molecule has 0 bridgehead atoms. The van der Waals surface area contributed by atoms with Crippen LogP contribution < -0.4 is 0 Å². The maximum Gasteiger partial charge on any atom is 0.225 e. The van der Waals surface area contributed by atoms with E-state index in [-0.39, 0.29) is 11.3 Å². The Bertz CT molecular complexity index is 253. The van der Waals surface area contributed by atoms with Crippen LogP contribution >= 0.6 is 11.6 Å². The number of rotatable bonds is 1. The summed E-state index contributed by atoms with van der Waals surface area (Å²) in [6.07, 6.45) is 2.78. The molecule has 2 aliphatic heterocycles. The molecule has 2 heterocycles. The van der Waals surface area contributed by atoms with E-state index in [1.807, 2.05) is 4.90 Å². The lowest BCUT2D eigenvalue weighted by Crippen LogP contribution is -2.47. The molecule has 0 aromatic rings. The number of amides is 1. The molecule has 2 saturated heterocycles. The van der Waals surface area contributed by atoms with Crippen molar-refractivity contribution in [2.75, 3.05) is 26.3 Å². The molecule has 0 spiro atoms. The number of halogens is 1. The van der Waals surface area contributed by atoms with Gasteiger partial charge in [-0.25, -0.2) is 0 Å². The van der Waals surface area contributed by atoms with Gasteiger partial charge in [0.15, 0.2) is 0 Å². The number of nitrogens with zero attached hydrogens (tertiary/aromatic N) is 1. The van der Waals surface area contributed by atoms with Crippen molar-refractivity contribution in [3.05, 3.63) is 0 Å². The first-order valence-corrected chi connectivity index (χ1v) is 6.62. The molecule has 3 nitrogen and oxygen atoms in total. The molecule has 0 radical (unpaired) electrons. The summed E-state index contributed by atoms with van der Waals surface area (Å²) in [5.74, 6) is 0.993. The van der Waals surface area contributed by atoms with Gasteiger partial charge in [0.2, 0.25) is 5.91 Å². The van der Waals surface area contributed by atoms with Gasteiger partial charge in [-0.05, 0) is 25.2 Å². The van der Waals surface area contributed by atoms with Gasteiger partial charge in [0, 0.05) is 32.2 Å². The van der Waals surface area contributed by atoms with Crippen LogP contribution in [0.15, 0.2) is 0 Å². The monoisotopic (exact) mass is 245 g/mol. The van der Waals surface area contributed by atoms with E-state index in [1.54, 1.807) is 0 Å². The second-order valence-electron chi connectivity index (χ2n) is 4.95. The van der Waals surface area contributed by atoms with E-state index < -0.39 is 0 Å². The molecule has 0 aromatic carbocycles. The minimum Gasteiger partial charge on any atom is -0.381 e. The highest BCUT2D eigenvalue weighted by molar-refractivity contribution is 6.21. The molecule has 0 N–H and O–H groups in total. The molecule has 2 fully saturated rings. The Labute approximate surface area is 102 Å². The number of alkyl halides is 1. The third-order valence-corrected chi connectivity index (χ3v) is 4.32. The van der Waals surface area contributed by atoms with Gasteiger partial charge in [-0.1, -0.05) is 6.92 Å². The third kappa shape index (κ3) is 2.69. The second kappa shape index (κ2) is 5.37. The summed E-state index contributed by atoms with van der Waals surface area (Å²) in [6, 6.07) is 0. The standard InChI is InChI=1S/C12H20ClNO2/c1-9-2-5-14(8-11(9)13)12(15)10-3-6-16-7-4-10/h9-11H,2-8H2,1H3. The molecule has 4 heteroatoms. The van der Waals surface area contributed by atoms with Crippen molar-refractivity contribution in [1.29, 1.82) is 0 Å². The van der Waals surface area contributed by atoms with Gasteiger partial charge in [0.25, 0.3) is 0 Å². The number of piperidine rings is 1. The van der Waals surface area contributed by atoms with Crippen molar-refractivity contribution in [1.82, 2.24) is 4.90 Å². The summed E-state index contributed by atoms with van der Waals surface area (Å²) in [4.78, 5) is 14.2. The highest BCUT2D eigenvalue weighted by Crippen LogP contribution is 2.25. The predicted octanol–water partition coefficient (Wildman–Crippen LogP) is 1.89. The molecule has 2 atom stereocenters. The lowest BCUT2D eigenvalue weighted by atomic mass is 9.94. The maximum absolute atomic E-state index is 12.2. The van der Waals surface area contributed by atoms with Crippen molar-refractivity contribution in [2.45, 2.75) is 31.6 Å². The van der Waals surface area contributed by atoms with E-state index in [4.69, 9.17) is 16.3 Å². The van der Waals surface area contributed by atoms with Crippen molar-refractivity contribution < 1.29 is 9.53 Å². The highest BCUT2D eigenvalue weighted by atomic mass is 35.5. The predicted molar refractivity (Wildman–Crippen MR) is 63.5 cm³/mol. The Kier molecular flexibility index (Phi) is 4.09. The second-order valence-corrected chi connectivity index (χ2v) is 5.51. The lowest BCUT2D eigenvalue weighted by Gasteiger charge is -2.36. The number of hydrogen-bond acceptors (Lipinski definition) is 2. The molecule has 1 amide bonds. The Balaban J connectivity index is 1.89. The zero-order valence-corrected chi connectivity index (χ0v) is 10.6. The van der Waals surface area contributed by atoms with Gasteiger partial charge < -0.3 is 9.64 Å². The first-order valence-electron chi connectivity index (χ1n) is 6.19. The highest BCUT2D eigenvalue weighted by Gasteiger charge is 2.31. The molecular formula is C12H20ClNO2. The average molecular weight is 246 g/mol. The van der Waals surface area contributed by atoms with Gasteiger partial charge in [-0.2, -0.15) is 0 Å². The number of ether oxygens (including phenoxy) is 1. The third-order valence-electron chi connectivity index (χ3n) is 3.75. The molecule has 0 aliphatic carbocycles. The molecule has 2 aliphatic rings. The van der Waals surface area contributed by atoms with E-state index in [0.29, 0.717) is 11.8 Å². The van der Waals surface area contributed by atoms with Gasteiger partial charge in [0.05, 0.1) is 5.38 Å². The SMILES string of the molecule is CC1CCN(C(=O)C2CCOCC2)CC1Cl. The summed E-state index contributed by atoms with van der Waals surface area (Å²) in [5, 5.41) is 0.123. The molecule has 16 heavy (non-hydrogen) atoms. The topological polar surface area (TPSA) is 29.5 Å². The zero-order chi connectivity index (χ0) is 11.5. The minimum atomic E-state index is 0.123. The van der Waals surface area contributed by atoms with E-state index in [1.165, 1.54) is 0 Å². The summed E-state index contributed by atoms with van der Waals surface area (Å²) in [6.45, 7) is 5.21. The Hall–Kier alpha value is -0.280. The quantitative estimate of drug-likeness (QED) is 0.661. The molecular weight excluding hydrogens is 226 g/mol. The summed E-state index contributed by atoms with van der Waals surface area (Å²) in [7, 11) is 0. The van der Waals surface area contributed by atoms with Crippen LogP contribution in [0.2, 0.25) is 0 Å². The van der Waals surface area contributed by atoms with Crippen molar-refractivity contribution in [2.24, 2.45) is 11.8 Å². The molecule has 2 rings (SSSR count). The van der Waals surface area contributed by atoms with Crippen molar-refractivity contribution >= 4 is 17.5 Å². The smallest absolute Gasteiger partial charge is 0.225 e. The fourth-order valence-electron chi connectivity index (χ4n) is 2.42. The fourth-order valence-corrected chi connectivity index (χ4v) is 2.72. The van der Waals surface area contributed by atoms with Gasteiger partial charge in [-0.15, -0.1) is 11.6 Å². The van der Waals surface area contributed by atoms with E-state index in [0.717, 1.165) is 45.6 Å². The number of hydrogen-bond donors (Lipinski definition) is 0. The molecule has 2 unspecified atom stereocenters. The summed E-state index contributed by atoms with van der Waals surface area (Å²) in [5.41, 5.74) is 0. The average Bonchev–Trinajstić information content (AvgIpc) is 2.33. The van der Waals surface area contributed by atoms with Crippen molar-refractivity contribution in [3.8, 4) is 0 Å². The number of carbonyl (C=O) groups excluding carboxylic acids is 1. The van der Waals surface area contributed by atoms with Gasteiger partial charge in [0.1, 0.15) is 0 Å². The molecule has 92 valence electrons. The van der Waals surface area contributed by atoms with Gasteiger partial charge >= 0.3 is 0 Å². The Morgan fingerprint density at radius 1 is 1.31 bits per heavy atom. The fraction of sp³-hybridized carbons (Fsp3) is 0.917. The minimum absolute atomic E-state index is 0.123. The zero-order valence-electron chi connectivity index (χ0n) is 9.82. The Morgan fingerprint density at radius 2 is 2.00 bits per heavy atom. The lowest BCUT2D eigenvalue weighted by molar-refractivity contribution is -0.139. The van der Waals surface area contributed by atoms with E-state index in [2.05, 4.69) is 6.92 Å². The van der Waals surface area contributed by atoms with Crippen LogP contribution in [-0.2, 0) is 9.53 Å². The maximum atomic E-state index is 12.2. The number of likely N-dealkylation sites (tertiary alicyclic amines) is 1. The summed E-state index contributed by atoms with van der Waals surface area (Å²) >= 11 is 6.23. The largest absolute Gasteiger partial charge is 0.381 e. The van der Waals surface area contributed by atoms with Crippen LogP contribution in [0.25, 0.3) is 0 Å². The van der Waals surface area contributed by atoms with Crippen LogP contribution in [-0.4, -0.2) is 42.5 Å². The first kappa shape index (κ1) is 12.2. The normalized spacial score (nSPS) is 32.8.